The minimum absolute atomic E-state index is 0.261. The second-order valence-corrected chi connectivity index (χ2v) is 7.90. The zero-order chi connectivity index (χ0) is 16.3. The minimum Gasteiger partial charge on any atom is -0.407 e. The summed E-state index contributed by atoms with van der Waals surface area (Å²) < 4.78 is 37.3. The van der Waals surface area contributed by atoms with E-state index in [4.69, 9.17) is 9.31 Å². The first-order chi connectivity index (χ1) is 10.3. The standard InChI is InChI=1S/C14H23BN2O4S/c1-16(2)9-6-10-20-15-13-7-5-8-14(12(13)11-21-15)22(18,19)17(3)4/h5,7-8H,6,9-11H2,1-4H3. The van der Waals surface area contributed by atoms with Crippen LogP contribution < -0.4 is 5.46 Å². The van der Waals surface area contributed by atoms with Crippen molar-refractivity contribution in [2.75, 3.05) is 41.3 Å². The van der Waals surface area contributed by atoms with E-state index in [0.717, 1.165) is 18.4 Å². The van der Waals surface area contributed by atoms with E-state index in [0.29, 0.717) is 17.1 Å². The lowest BCUT2D eigenvalue weighted by molar-refractivity contribution is 0.201. The van der Waals surface area contributed by atoms with Gasteiger partial charge in [0.25, 0.3) is 0 Å². The van der Waals surface area contributed by atoms with Crippen molar-refractivity contribution in [2.24, 2.45) is 0 Å². The smallest absolute Gasteiger partial charge is 0.407 e. The molecule has 1 aliphatic heterocycles. The summed E-state index contributed by atoms with van der Waals surface area (Å²) in [6.07, 6.45) is 0.901. The number of benzene rings is 1. The van der Waals surface area contributed by atoms with Gasteiger partial charge in [0.15, 0.2) is 0 Å². The highest BCUT2D eigenvalue weighted by Crippen LogP contribution is 2.22. The van der Waals surface area contributed by atoms with Gasteiger partial charge in [-0.05, 0) is 44.2 Å². The van der Waals surface area contributed by atoms with Crippen molar-refractivity contribution in [1.29, 1.82) is 0 Å². The number of fused-ring (bicyclic) bond motifs is 1. The lowest BCUT2D eigenvalue weighted by Gasteiger charge is -2.14. The fourth-order valence-electron chi connectivity index (χ4n) is 2.35. The molecule has 0 fully saturated rings. The predicted octanol–water partition coefficient (Wildman–Crippen LogP) is 0.131. The van der Waals surface area contributed by atoms with E-state index in [1.54, 1.807) is 12.1 Å². The van der Waals surface area contributed by atoms with E-state index in [2.05, 4.69) is 4.90 Å². The van der Waals surface area contributed by atoms with Crippen LogP contribution in [-0.2, 0) is 25.9 Å². The zero-order valence-corrected chi connectivity index (χ0v) is 14.4. The van der Waals surface area contributed by atoms with Gasteiger partial charge >= 0.3 is 7.12 Å². The molecule has 1 heterocycles. The Hall–Kier alpha value is -0.925. The van der Waals surface area contributed by atoms with Crippen LogP contribution in [0.3, 0.4) is 0 Å². The van der Waals surface area contributed by atoms with Crippen molar-refractivity contribution >= 4 is 22.6 Å². The highest BCUT2D eigenvalue weighted by atomic mass is 32.2. The zero-order valence-electron chi connectivity index (χ0n) is 13.6. The Bertz CT molecular complexity index is 619. The molecular weight excluding hydrogens is 303 g/mol. The number of nitrogens with zero attached hydrogens (tertiary/aromatic N) is 2. The second-order valence-electron chi connectivity index (χ2n) is 5.78. The van der Waals surface area contributed by atoms with Gasteiger partial charge in [0, 0.05) is 20.7 Å². The third kappa shape index (κ3) is 3.69. The van der Waals surface area contributed by atoms with Gasteiger partial charge in [0.1, 0.15) is 0 Å². The summed E-state index contributed by atoms with van der Waals surface area (Å²) in [6.45, 7) is 1.78. The molecule has 0 atom stereocenters. The Morgan fingerprint density at radius 1 is 1.27 bits per heavy atom. The summed E-state index contributed by atoms with van der Waals surface area (Å²) in [5.41, 5.74) is 1.52. The van der Waals surface area contributed by atoms with Crippen molar-refractivity contribution in [2.45, 2.75) is 17.9 Å². The van der Waals surface area contributed by atoms with Gasteiger partial charge in [0.05, 0.1) is 11.5 Å². The molecule has 0 bridgehead atoms. The van der Waals surface area contributed by atoms with Crippen LogP contribution >= 0.6 is 0 Å². The first-order valence-electron chi connectivity index (χ1n) is 7.26. The molecule has 1 aromatic carbocycles. The fraction of sp³-hybridized carbons (Fsp3) is 0.571. The molecular formula is C14H23BN2O4S. The average molecular weight is 326 g/mol. The van der Waals surface area contributed by atoms with Crippen LogP contribution in [0.15, 0.2) is 23.1 Å². The molecule has 1 aliphatic rings. The lowest BCUT2D eigenvalue weighted by Crippen LogP contribution is -2.34. The maximum Gasteiger partial charge on any atom is 0.494 e. The van der Waals surface area contributed by atoms with Gasteiger partial charge in [-0.25, -0.2) is 12.7 Å². The fourth-order valence-corrected chi connectivity index (χ4v) is 3.49. The van der Waals surface area contributed by atoms with Gasteiger partial charge < -0.3 is 14.2 Å². The molecule has 0 N–H and O–H groups in total. The molecule has 0 amide bonds. The Kier molecular flexibility index (Phi) is 5.62. The van der Waals surface area contributed by atoms with Gasteiger partial charge in [-0.15, -0.1) is 0 Å². The van der Waals surface area contributed by atoms with Crippen LogP contribution in [0, 0.1) is 0 Å². The highest BCUT2D eigenvalue weighted by molar-refractivity contribution is 7.89. The van der Waals surface area contributed by atoms with Crippen molar-refractivity contribution in [3.05, 3.63) is 23.8 Å². The number of hydrogen-bond acceptors (Lipinski definition) is 5. The molecule has 22 heavy (non-hydrogen) atoms. The third-order valence-corrected chi connectivity index (χ3v) is 5.48. The monoisotopic (exact) mass is 326 g/mol. The Morgan fingerprint density at radius 3 is 2.64 bits per heavy atom. The average Bonchev–Trinajstić information content (AvgIpc) is 2.86. The highest BCUT2D eigenvalue weighted by Gasteiger charge is 2.35. The first-order valence-corrected chi connectivity index (χ1v) is 8.70. The molecule has 2 rings (SSSR count). The van der Waals surface area contributed by atoms with Crippen LogP contribution in [0.25, 0.3) is 0 Å². The van der Waals surface area contributed by atoms with Gasteiger partial charge in [0.2, 0.25) is 10.0 Å². The summed E-state index contributed by atoms with van der Waals surface area (Å²) >= 11 is 0. The predicted molar refractivity (Wildman–Crippen MR) is 86.6 cm³/mol. The van der Waals surface area contributed by atoms with Crippen molar-refractivity contribution in [3.8, 4) is 0 Å². The normalized spacial score (nSPS) is 14.9. The summed E-state index contributed by atoms with van der Waals surface area (Å²) in [7, 11) is 3.13. The van der Waals surface area contributed by atoms with Crippen molar-refractivity contribution in [3.63, 3.8) is 0 Å². The van der Waals surface area contributed by atoms with Crippen LogP contribution in [-0.4, -0.2) is 66.1 Å². The molecule has 0 aliphatic carbocycles. The molecule has 0 spiro atoms. The largest absolute Gasteiger partial charge is 0.494 e. The topological polar surface area (TPSA) is 59.1 Å². The van der Waals surface area contributed by atoms with Crippen molar-refractivity contribution < 1.29 is 17.7 Å². The van der Waals surface area contributed by atoms with E-state index in [1.165, 1.54) is 18.4 Å². The molecule has 6 nitrogen and oxygen atoms in total. The first kappa shape index (κ1) is 17.4. The molecule has 1 aromatic rings. The number of rotatable bonds is 7. The molecule has 8 heteroatoms. The van der Waals surface area contributed by atoms with E-state index in [-0.39, 0.29) is 6.61 Å². The Balaban J connectivity index is 2.13. The van der Waals surface area contributed by atoms with Gasteiger partial charge in [-0.3, -0.25) is 0 Å². The number of hydrogen-bond donors (Lipinski definition) is 0. The quantitative estimate of drug-likeness (QED) is 0.527. The molecule has 122 valence electrons. The summed E-state index contributed by atoms with van der Waals surface area (Å²) in [5, 5.41) is 0. The molecule has 0 aromatic heterocycles. The Labute approximate surface area is 133 Å². The van der Waals surface area contributed by atoms with E-state index < -0.39 is 17.1 Å². The summed E-state index contributed by atoms with van der Waals surface area (Å²) in [4.78, 5) is 2.39. The van der Waals surface area contributed by atoms with Crippen molar-refractivity contribution in [1.82, 2.24) is 9.21 Å². The van der Waals surface area contributed by atoms with E-state index >= 15 is 0 Å². The Morgan fingerprint density at radius 2 is 2.00 bits per heavy atom. The second kappa shape index (κ2) is 7.10. The van der Waals surface area contributed by atoms with Crippen LogP contribution in [0.1, 0.15) is 12.0 Å². The van der Waals surface area contributed by atoms with E-state index in [1.807, 2.05) is 20.2 Å². The van der Waals surface area contributed by atoms with Gasteiger partial charge in [-0.1, -0.05) is 12.1 Å². The SMILES string of the molecule is CN(C)CCCOB1OCc2c1cccc2S(=O)(=O)N(C)C. The minimum atomic E-state index is -3.47. The van der Waals surface area contributed by atoms with Gasteiger partial charge in [-0.2, -0.15) is 0 Å². The van der Waals surface area contributed by atoms with Crippen LogP contribution in [0.2, 0.25) is 0 Å². The maximum absolute atomic E-state index is 12.4. The molecule has 0 radical (unpaired) electrons. The summed E-state index contributed by atoms with van der Waals surface area (Å²) in [5.74, 6) is 0. The summed E-state index contributed by atoms with van der Waals surface area (Å²) in [6, 6.07) is 5.22. The number of sulfonamides is 1. The molecule has 0 saturated heterocycles. The third-order valence-electron chi connectivity index (χ3n) is 3.58. The maximum atomic E-state index is 12.4. The molecule has 0 unspecified atom stereocenters. The van der Waals surface area contributed by atoms with Crippen LogP contribution in [0.5, 0.6) is 0 Å². The molecule has 0 saturated carbocycles. The lowest BCUT2D eigenvalue weighted by atomic mass is 9.79. The van der Waals surface area contributed by atoms with E-state index in [9.17, 15) is 8.42 Å². The van der Waals surface area contributed by atoms with Crippen LogP contribution in [0.4, 0.5) is 0 Å².